The Morgan fingerprint density at radius 2 is 1.91 bits per heavy atom. The number of hydrogen-bond acceptors (Lipinski definition) is 4. The van der Waals surface area contributed by atoms with Crippen molar-refractivity contribution in [3.8, 4) is 0 Å². The number of carboxylic acid groups (broad SMARTS) is 1. The number of aliphatic carboxylic acids is 1. The molecule has 62 valence electrons. The van der Waals surface area contributed by atoms with Gasteiger partial charge in [-0.05, 0) is 12.8 Å². The summed E-state index contributed by atoms with van der Waals surface area (Å²) in [4.78, 5) is 20.9. The van der Waals surface area contributed by atoms with Crippen molar-refractivity contribution in [1.29, 1.82) is 0 Å². The predicted octanol–water partition coefficient (Wildman–Crippen LogP) is -1.06. The molecule has 0 heterocycles. The summed E-state index contributed by atoms with van der Waals surface area (Å²) in [6.07, 6.45) is 0.740. The molecule has 0 aromatic rings. The zero-order valence-corrected chi connectivity index (χ0v) is 6.20. The molecule has 1 saturated carbocycles. The number of esters is 1. The minimum absolute atomic E-state index is 0.220. The first kappa shape index (κ1) is 8.04. The third-order valence-electron chi connectivity index (χ3n) is 2.01. The Labute approximate surface area is 64.2 Å². The number of rotatable bonds is 2. The quantitative estimate of drug-likeness (QED) is 0.479. The van der Waals surface area contributed by atoms with Crippen LogP contribution in [0.4, 0.5) is 0 Å². The highest BCUT2D eigenvalue weighted by Crippen LogP contribution is 2.33. The van der Waals surface area contributed by atoms with Gasteiger partial charge < -0.3 is 14.6 Å². The molecule has 0 aromatic carbocycles. The maximum absolute atomic E-state index is 10.7. The van der Waals surface area contributed by atoms with Gasteiger partial charge in [0, 0.05) is 11.9 Å². The Morgan fingerprint density at radius 3 is 2.27 bits per heavy atom. The zero-order valence-electron chi connectivity index (χ0n) is 6.20. The second kappa shape index (κ2) is 2.90. The van der Waals surface area contributed by atoms with Crippen LogP contribution in [0.15, 0.2) is 0 Å². The van der Waals surface area contributed by atoms with Crippen molar-refractivity contribution in [2.24, 2.45) is 11.8 Å². The summed E-state index contributed by atoms with van der Waals surface area (Å²) in [6, 6.07) is 0. The molecule has 0 spiro atoms. The predicted molar refractivity (Wildman–Crippen MR) is 33.2 cm³/mol. The van der Waals surface area contributed by atoms with E-state index in [1.54, 1.807) is 0 Å². The number of hydrogen-bond donors (Lipinski definition) is 0. The Balaban J connectivity index is 2.29. The summed E-state index contributed by atoms with van der Waals surface area (Å²) in [7, 11) is 1.30. The van der Waals surface area contributed by atoms with Gasteiger partial charge in [0.15, 0.2) is 0 Å². The van der Waals surface area contributed by atoms with E-state index >= 15 is 0 Å². The topological polar surface area (TPSA) is 66.4 Å². The summed E-state index contributed by atoms with van der Waals surface area (Å²) >= 11 is 0. The smallest absolute Gasteiger partial charge is 0.308 e. The summed E-state index contributed by atoms with van der Waals surface area (Å²) in [5.74, 6) is -2.05. The normalized spacial score (nSPS) is 28.8. The van der Waals surface area contributed by atoms with Crippen molar-refractivity contribution < 1.29 is 19.4 Å². The molecule has 0 atom stereocenters. The van der Waals surface area contributed by atoms with Gasteiger partial charge in [-0.25, -0.2) is 0 Å². The largest absolute Gasteiger partial charge is 0.550 e. The summed E-state index contributed by atoms with van der Waals surface area (Å²) in [5, 5.41) is 10.2. The Kier molecular flexibility index (Phi) is 2.12. The van der Waals surface area contributed by atoms with E-state index in [9.17, 15) is 14.7 Å². The highest BCUT2D eigenvalue weighted by Gasteiger charge is 2.35. The molecule has 11 heavy (non-hydrogen) atoms. The summed E-state index contributed by atoms with van der Waals surface area (Å²) in [5.41, 5.74) is 0. The lowest BCUT2D eigenvalue weighted by Crippen LogP contribution is -2.42. The van der Waals surface area contributed by atoms with E-state index in [0.717, 1.165) is 0 Å². The molecule has 1 aliphatic rings. The second-order valence-corrected chi connectivity index (χ2v) is 2.71. The van der Waals surface area contributed by atoms with Crippen LogP contribution in [0.25, 0.3) is 0 Å². The van der Waals surface area contributed by atoms with Crippen LogP contribution in [0.5, 0.6) is 0 Å². The van der Waals surface area contributed by atoms with Crippen LogP contribution in [0.1, 0.15) is 12.8 Å². The van der Waals surface area contributed by atoms with Crippen LogP contribution in [0, 0.1) is 11.8 Å². The fourth-order valence-electron chi connectivity index (χ4n) is 1.17. The maximum atomic E-state index is 10.7. The van der Waals surface area contributed by atoms with Gasteiger partial charge in [-0.2, -0.15) is 0 Å². The standard InChI is InChI=1S/C7H10O4/c1-11-7(10)5-2-4(3-5)6(8)9/h4-5H,2-3H2,1H3,(H,8,9)/p-1. The highest BCUT2D eigenvalue weighted by molar-refractivity contribution is 5.78. The molecule has 0 bridgehead atoms. The molecular formula is C7H9O4-. The van der Waals surface area contributed by atoms with E-state index in [1.165, 1.54) is 7.11 Å². The molecular weight excluding hydrogens is 148 g/mol. The van der Waals surface area contributed by atoms with E-state index in [0.29, 0.717) is 12.8 Å². The minimum atomic E-state index is -1.06. The van der Waals surface area contributed by atoms with E-state index in [-0.39, 0.29) is 11.9 Å². The second-order valence-electron chi connectivity index (χ2n) is 2.71. The van der Waals surface area contributed by atoms with Gasteiger partial charge in [-0.1, -0.05) is 0 Å². The van der Waals surface area contributed by atoms with Gasteiger partial charge >= 0.3 is 5.97 Å². The number of ether oxygens (including phenoxy) is 1. The third kappa shape index (κ3) is 1.50. The average Bonchev–Trinajstić information content (AvgIpc) is 1.83. The van der Waals surface area contributed by atoms with Crippen LogP contribution in [-0.2, 0) is 14.3 Å². The van der Waals surface area contributed by atoms with Crippen LogP contribution < -0.4 is 5.11 Å². The number of carbonyl (C=O) groups is 2. The minimum Gasteiger partial charge on any atom is -0.550 e. The van der Waals surface area contributed by atoms with Gasteiger partial charge in [0.05, 0.1) is 13.0 Å². The summed E-state index contributed by atoms with van der Waals surface area (Å²) in [6.45, 7) is 0. The van der Waals surface area contributed by atoms with Gasteiger partial charge in [0.25, 0.3) is 0 Å². The van der Waals surface area contributed by atoms with E-state index in [1.807, 2.05) is 0 Å². The fraction of sp³-hybridized carbons (Fsp3) is 0.714. The van der Waals surface area contributed by atoms with E-state index in [4.69, 9.17) is 0 Å². The Bertz CT molecular complexity index is 181. The average molecular weight is 157 g/mol. The van der Waals surface area contributed by atoms with Crippen molar-refractivity contribution in [2.75, 3.05) is 7.11 Å². The van der Waals surface area contributed by atoms with Crippen LogP contribution in [0.2, 0.25) is 0 Å². The lowest BCUT2D eigenvalue weighted by Gasteiger charge is -2.33. The monoisotopic (exact) mass is 157 g/mol. The zero-order chi connectivity index (χ0) is 8.43. The highest BCUT2D eigenvalue weighted by atomic mass is 16.5. The molecule has 0 aliphatic heterocycles. The fourth-order valence-corrected chi connectivity index (χ4v) is 1.17. The lowest BCUT2D eigenvalue weighted by atomic mass is 9.75. The molecule has 0 aromatic heterocycles. The molecule has 0 amide bonds. The number of carbonyl (C=O) groups excluding carboxylic acids is 2. The van der Waals surface area contributed by atoms with Crippen LogP contribution in [0.3, 0.4) is 0 Å². The molecule has 0 radical (unpaired) electrons. The van der Waals surface area contributed by atoms with Crippen molar-refractivity contribution in [1.82, 2.24) is 0 Å². The number of methoxy groups -OCH3 is 1. The maximum Gasteiger partial charge on any atom is 0.308 e. The Morgan fingerprint density at radius 1 is 1.36 bits per heavy atom. The van der Waals surface area contributed by atoms with Crippen molar-refractivity contribution in [3.05, 3.63) is 0 Å². The molecule has 4 nitrogen and oxygen atoms in total. The van der Waals surface area contributed by atoms with Crippen LogP contribution in [-0.4, -0.2) is 19.0 Å². The molecule has 1 fully saturated rings. The first-order valence-electron chi connectivity index (χ1n) is 3.44. The molecule has 0 N–H and O–H groups in total. The van der Waals surface area contributed by atoms with Crippen LogP contribution >= 0.6 is 0 Å². The van der Waals surface area contributed by atoms with E-state index < -0.39 is 11.9 Å². The molecule has 0 unspecified atom stereocenters. The van der Waals surface area contributed by atoms with E-state index in [2.05, 4.69) is 4.74 Å². The molecule has 0 saturated heterocycles. The van der Waals surface area contributed by atoms with Crippen molar-refractivity contribution in [3.63, 3.8) is 0 Å². The Hall–Kier alpha value is -1.06. The van der Waals surface area contributed by atoms with Gasteiger partial charge in [0.1, 0.15) is 0 Å². The first-order chi connectivity index (χ1) is 5.15. The molecule has 1 rings (SSSR count). The van der Waals surface area contributed by atoms with Gasteiger partial charge in [-0.15, -0.1) is 0 Å². The molecule has 4 heteroatoms. The lowest BCUT2D eigenvalue weighted by molar-refractivity contribution is -0.315. The van der Waals surface area contributed by atoms with Crippen molar-refractivity contribution >= 4 is 11.9 Å². The third-order valence-corrected chi connectivity index (χ3v) is 2.01. The SMILES string of the molecule is COC(=O)C1CC(C(=O)[O-])C1. The van der Waals surface area contributed by atoms with Gasteiger partial charge in [0.2, 0.25) is 0 Å². The van der Waals surface area contributed by atoms with Crippen molar-refractivity contribution in [2.45, 2.75) is 12.8 Å². The number of carboxylic acids is 1. The van der Waals surface area contributed by atoms with Gasteiger partial charge in [-0.3, -0.25) is 4.79 Å². The first-order valence-corrected chi connectivity index (χ1v) is 3.44. The summed E-state index contributed by atoms with van der Waals surface area (Å²) < 4.78 is 4.43. The molecule has 1 aliphatic carbocycles.